The van der Waals surface area contributed by atoms with E-state index in [0.29, 0.717) is 24.5 Å². The molecule has 0 amide bonds. The van der Waals surface area contributed by atoms with Crippen molar-refractivity contribution in [3.8, 4) is 0 Å². The first-order valence-electron chi connectivity index (χ1n) is 14.9. The lowest BCUT2D eigenvalue weighted by Crippen LogP contribution is -2.49. The monoisotopic (exact) mass is 596 g/mol. The second kappa shape index (κ2) is 13.3. The zero-order valence-electron chi connectivity index (χ0n) is 24.4. The highest BCUT2D eigenvalue weighted by Gasteiger charge is 2.35. The molecule has 0 aliphatic carbocycles. The fourth-order valence-electron chi connectivity index (χ4n) is 6.28. The summed E-state index contributed by atoms with van der Waals surface area (Å²) >= 11 is 0. The number of piperazine rings is 1. The number of unbranched alkanes of at least 4 members (excludes halogenated alkanes) is 6. The summed E-state index contributed by atoms with van der Waals surface area (Å²) in [6, 6.07) is 4.10. The van der Waals surface area contributed by atoms with Gasteiger partial charge in [0, 0.05) is 66.3 Å². The van der Waals surface area contributed by atoms with Crippen LogP contribution in [0.2, 0.25) is 0 Å². The fourth-order valence-corrected chi connectivity index (χ4v) is 7.37. The minimum absolute atomic E-state index is 0.0772. The number of benzene rings is 1. The van der Waals surface area contributed by atoms with Gasteiger partial charge in [0.15, 0.2) is 0 Å². The third kappa shape index (κ3) is 7.17. The van der Waals surface area contributed by atoms with Crippen molar-refractivity contribution >= 4 is 31.8 Å². The molecule has 0 atom stereocenters. The molecule has 4 rings (SSSR count). The number of aromatic amines is 1. The number of rotatable bonds is 13. The number of alkyl halides is 3. The third-order valence-corrected chi connectivity index (χ3v) is 10.4. The minimum atomic E-state index is -4.62. The van der Waals surface area contributed by atoms with Crippen molar-refractivity contribution in [1.82, 2.24) is 18.8 Å². The van der Waals surface area contributed by atoms with Crippen LogP contribution >= 0.6 is 0 Å². The molecule has 1 aliphatic rings. The summed E-state index contributed by atoms with van der Waals surface area (Å²) in [5.74, 6) is 0.164. The lowest BCUT2D eigenvalue weighted by Gasteiger charge is -2.33. The van der Waals surface area contributed by atoms with Crippen molar-refractivity contribution < 1.29 is 21.6 Å². The summed E-state index contributed by atoms with van der Waals surface area (Å²) in [6.07, 6.45) is 3.84. The van der Waals surface area contributed by atoms with E-state index >= 15 is 0 Å². The summed E-state index contributed by atoms with van der Waals surface area (Å²) in [6.45, 7) is 10.2. The van der Waals surface area contributed by atoms with E-state index < -0.39 is 27.3 Å². The maximum atomic E-state index is 13.9. The molecule has 1 fully saturated rings. The Hall–Kier alpha value is -2.37. The molecule has 0 unspecified atom stereocenters. The number of nitrogens with one attached hydrogen (secondary N) is 1. The van der Waals surface area contributed by atoms with Gasteiger partial charge in [0.25, 0.3) is 0 Å². The first-order chi connectivity index (χ1) is 19.5. The number of H-pyrrole nitrogens is 1. The molecule has 2 aromatic heterocycles. The van der Waals surface area contributed by atoms with Gasteiger partial charge in [-0.05, 0) is 57.4 Å². The van der Waals surface area contributed by atoms with Gasteiger partial charge in [0.2, 0.25) is 15.6 Å². The van der Waals surface area contributed by atoms with Crippen LogP contribution in [0.15, 0.2) is 23.0 Å². The smallest absolute Gasteiger partial charge is 0.344 e. The quantitative estimate of drug-likeness (QED) is 0.243. The second-order valence-corrected chi connectivity index (χ2v) is 13.4. The Morgan fingerprint density at radius 2 is 1.49 bits per heavy atom. The summed E-state index contributed by atoms with van der Waals surface area (Å²) in [5.41, 5.74) is 1.26. The van der Waals surface area contributed by atoms with E-state index in [0.717, 1.165) is 87.9 Å². The molecule has 3 heterocycles. The Labute approximate surface area is 240 Å². The molecule has 0 bridgehead atoms. The van der Waals surface area contributed by atoms with E-state index in [9.17, 15) is 26.4 Å². The number of fused-ring (bicyclic) bond motifs is 3. The molecule has 1 aliphatic heterocycles. The highest BCUT2D eigenvalue weighted by atomic mass is 32.2. The molecule has 11 heteroatoms. The normalized spacial score (nSPS) is 15.9. The highest BCUT2D eigenvalue weighted by molar-refractivity contribution is 7.89. The maximum absolute atomic E-state index is 13.9. The van der Waals surface area contributed by atoms with Crippen molar-refractivity contribution in [2.24, 2.45) is 0 Å². The molecular weight excluding hydrogens is 553 g/mol. The van der Waals surface area contributed by atoms with Crippen molar-refractivity contribution in [3.05, 3.63) is 45.4 Å². The number of halogens is 3. The largest absolute Gasteiger partial charge is 0.417 e. The Kier molecular flexibility index (Phi) is 10.2. The van der Waals surface area contributed by atoms with Crippen LogP contribution in [0.1, 0.15) is 75.6 Å². The molecule has 0 spiro atoms. The predicted molar refractivity (Wildman–Crippen MR) is 159 cm³/mol. The molecule has 1 saturated heterocycles. The zero-order valence-corrected chi connectivity index (χ0v) is 25.3. The van der Waals surface area contributed by atoms with E-state index in [2.05, 4.69) is 14.5 Å². The van der Waals surface area contributed by atoms with Crippen LogP contribution in [0.25, 0.3) is 21.8 Å². The van der Waals surface area contributed by atoms with Gasteiger partial charge in [0.1, 0.15) is 0 Å². The Bertz CT molecular complexity index is 1500. The van der Waals surface area contributed by atoms with Gasteiger partial charge in [0.05, 0.1) is 11.3 Å². The van der Waals surface area contributed by atoms with Crippen LogP contribution in [0.4, 0.5) is 13.2 Å². The average molecular weight is 597 g/mol. The van der Waals surface area contributed by atoms with Crippen molar-refractivity contribution in [2.75, 3.05) is 38.5 Å². The fraction of sp³-hybridized carbons (Fsp3) is 0.633. The number of aromatic nitrogens is 2. The van der Waals surface area contributed by atoms with Crippen LogP contribution in [0.5, 0.6) is 0 Å². The number of nitrogens with zero attached hydrogens (tertiary/aromatic N) is 3. The maximum Gasteiger partial charge on any atom is 0.417 e. The van der Waals surface area contributed by atoms with E-state index in [1.807, 2.05) is 19.9 Å². The number of pyridine rings is 1. The molecule has 228 valence electrons. The van der Waals surface area contributed by atoms with Gasteiger partial charge in [-0.2, -0.15) is 17.5 Å². The van der Waals surface area contributed by atoms with Crippen LogP contribution in [0.3, 0.4) is 0 Å². The molecule has 1 N–H and O–H groups in total. The lowest BCUT2D eigenvalue weighted by atomic mass is 10.0. The molecule has 1 aromatic carbocycles. The summed E-state index contributed by atoms with van der Waals surface area (Å²) in [7, 11) is -3.08. The number of hydrogen-bond acceptors (Lipinski definition) is 4. The first kappa shape index (κ1) is 31.6. The summed E-state index contributed by atoms with van der Waals surface area (Å²) in [4.78, 5) is 16.9. The van der Waals surface area contributed by atoms with Gasteiger partial charge in [-0.25, -0.2) is 8.42 Å². The van der Waals surface area contributed by atoms with E-state index in [1.54, 1.807) is 17.3 Å². The molecule has 7 nitrogen and oxygen atoms in total. The zero-order chi connectivity index (χ0) is 29.8. The van der Waals surface area contributed by atoms with Gasteiger partial charge < -0.3 is 14.5 Å². The molecular formula is C30H43F3N4O3S. The van der Waals surface area contributed by atoms with Crippen molar-refractivity contribution in [2.45, 2.75) is 84.9 Å². The van der Waals surface area contributed by atoms with Crippen molar-refractivity contribution in [3.63, 3.8) is 0 Å². The average Bonchev–Trinajstić information content (AvgIpc) is 3.21. The molecule has 0 radical (unpaired) electrons. The van der Waals surface area contributed by atoms with Gasteiger partial charge in [-0.3, -0.25) is 4.79 Å². The number of sulfonamides is 1. The predicted octanol–water partition coefficient (Wildman–Crippen LogP) is 6.07. The summed E-state index contributed by atoms with van der Waals surface area (Å²) < 4.78 is 69.5. The van der Waals surface area contributed by atoms with E-state index in [1.165, 1.54) is 6.42 Å². The summed E-state index contributed by atoms with van der Waals surface area (Å²) in [5, 5.41) is 0.657. The highest BCUT2D eigenvalue weighted by Crippen LogP contribution is 2.39. The van der Waals surface area contributed by atoms with Crippen LogP contribution in [-0.4, -0.2) is 65.7 Å². The number of aryl methyl sites for hydroxylation is 2. The van der Waals surface area contributed by atoms with Gasteiger partial charge in [-0.1, -0.05) is 39.0 Å². The molecule has 3 aromatic rings. The van der Waals surface area contributed by atoms with Crippen LogP contribution in [0, 0.1) is 6.92 Å². The Balaban J connectivity index is 1.27. The Morgan fingerprint density at radius 1 is 0.878 bits per heavy atom. The van der Waals surface area contributed by atoms with Gasteiger partial charge in [-0.15, -0.1) is 0 Å². The van der Waals surface area contributed by atoms with Crippen LogP contribution in [-0.2, 0) is 29.2 Å². The van der Waals surface area contributed by atoms with Crippen LogP contribution < -0.4 is 5.56 Å². The molecule has 41 heavy (non-hydrogen) atoms. The van der Waals surface area contributed by atoms with Gasteiger partial charge >= 0.3 is 6.18 Å². The standard InChI is InChI=1S/C30H43F3N4O3S/c1-4-25-22(3)28-26(14-13-24-29(28)23(30(31,32)33)21-27(38)34-24)37(25)16-12-10-8-6-7-9-11-15-35-17-19-36(20-18-35)41(39,40)5-2/h13-14,21H,4-12,15-20H2,1-3H3,(H,34,38). The van der Waals surface area contributed by atoms with E-state index in [4.69, 9.17) is 0 Å². The van der Waals surface area contributed by atoms with Crippen molar-refractivity contribution in [1.29, 1.82) is 0 Å². The third-order valence-electron chi connectivity index (χ3n) is 8.50. The topological polar surface area (TPSA) is 78.4 Å². The lowest BCUT2D eigenvalue weighted by molar-refractivity contribution is -0.136. The SMILES string of the molecule is CCc1c(C)c2c3c(C(F)(F)F)cc(=O)[nH]c3ccc2n1CCCCCCCCCN1CCN(S(=O)(=O)CC)CC1. The van der Waals surface area contributed by atoms with E-state index in [-0.39, 0.29) is 16.7 Å². The second-order valence-electron chi connectivity index (χ2n) is 11.1. The number of hydrogen-bond donors (Lipinski definition) is 1. The minimum Gasteiger partial charge on any atom is -0.344 e. The Morgan fingerprint density at radius 3 is 2.07 bits per heavy atom. The first-order valence-corrected chi connectivity index (χ1v) is 16.5. The molecule has 0 saturated carbocycles.